The summed E-state index contributed by atoms with van der Waals surface area (Å²) in [5.74, 6) is -3.00. The summed E-state index contributed by atoms with van der Waals surface area (Å²) in [7, 11) is 0. The largest absolute Gasteiger partial charge is 0.341 e. The third-order valence-electron chi connectivity index (χ3n) is 6.71. The van der Waals surface area contributed by atoms with Crippen molar-refractivity contribution in [1.29, 1.82) is 5.26 Å². The standard InChI is InChI=1S/C25H26F2N6O2S/c26-25(27)8-4-10-32(15-25)22(34)20-11-19-21(36-20)23(35)33(13-17-6-2-1-5-16(17)12-28)24(30-19)31-9-3-7-18(29)14-31/h1-2,5-6,11,18H,3-4,7-10,13-15,29H2/t18-/m1/s1. The normalized spacial score (nSPS) is 19.9. The van der Waals surface area contributed by atoms with Gasteiger partial charge in [-0.25, -0.2) is 13.8 Å². The van der Waals surface area contributed by atoms with Crippen molar-refractivity contribution in [1.82, 2.24) is 14.5 Å². The molecule has 5 rings (SSSR count). The molecule has 0 unspecified atom stereocenters. The number of carbonyl (C=O) groups excluding carboxylic acids is 1. The van der Waals surface area contributed by atoms with Crippen LogP contribution >= 0.6 is 11.3 Å². The molecule has 188 valence electrons. The van der Waals surface area contributed by atoms with E-state index >= 15 is 0 Å². The van der Waals surface area contributed by atoms with E-state index in [1.165, 1.54) is 10.6 Å². The average molecular weight is 513 g/mol. The first-order valence-electron chi connectivity index (χ1n) is 12.0. The molecule has 0 spiro atoms. The summed E-state index contributed by atoms with van der Waals surface area (Å²) in [6.45, 7) is 0.953. The molecule has 8 nitrogen and oxygen atoms in total. The molecule has 0 saturated carbocycles. The van der Waals surface area contributed by atoms with E-state index in [0.29, 0.717) is 35.7 Å². The Kier molecular flexibility index (Phi) is 6.49. The van der Waals surface area contributed by atoms with Crippen LogP contribution in [0.1, 0.15) is 46.5 Å². The van der Waals surface area contributed by atoms with Crippen LogP contribution in [0.25, 0.3) is 10.2 Å². The molecule has 2 N–H and O–H groups in total. The molecule has 36 heavy (non-hydrogen) atoms. The summed E-state index contributed by atoms with van der Waals surface area (Å²) in [6, 6.07) is 10.7. The number of hydrogen-bond donors (Lipinski definition) is 1. The predicted molar refractivity (Wildman–Crippen MR) is 134 cm³/mol. The van der Waals surface area contributed by atoms with Crippen LogP contribution < -0.4 is 16.2 Å². The number of aromatic nitrogens is 2. The topological polar surface area (TPSA) is 108 Å². The van der Waals surface area contributed by atoms with Crippen LogP contribution in [0.15, 0.2) is 35.1 Å². The van der Waals surface area contributed by atoms with Gasteiger partial charge in [0.05, 0.1) is 35.1 Å². The van der Waals surface area contributed by atoms with Gasteiger partial charge >= 0.3 is 0 Å². The first-order chi connectivity index (χ1) is 17.3. The minimum absolute atomic E-state index is 0.0634. The Labute approximate surface area is 210 Å². The van der Waals surface area contributed by atoms with Crippen LogP contribution in [0.2, 0.25) is 0 Å². The van der Waals surface area contributed by atoms with Gasteiger partial charge in [-0.3, -0.25) is 14.2 Å². The molecule has 0 bridgehead atoms. The van der Waals surface area contributed by atoms with Crippen LogP contribution in [0.4, 0.5) is 14.7 Å². The molecular weight excluding hydrogens is 486 g/mol. The fourth-order valence-electron chi connectivity index (χ4n) is 4.91. The Balaban J connectivity index is 1.59. The van der Waals surface area contributed by atoms with E-state index < -0.39 is 18.4 Å². The zero-order chi connectivity index (χ0) is 25.4. The summed E-state index contributed by atoms with van der Waals surface area (Å²) in [4.78, 5) is 34.9. The number of nitriles is 1. The van der Waals surface area contributed by atoms with Gasteiger partial charge in [0.1, 0.15) is 4.70 Å². The lowest BCUT2D eigenvalue weighted by Crippen LogP contribution is -2.45. The maximum absolute atomic E-state index is 13.9. The van der Waals surface area contributed by atoms with Gasteiger partial charge in [0.15, 0.2) is 0 Å². The van der Waals surface area contributed by atoms with Crippen molar-refractivity contribution < 1.29 is 13.6 Å². The quantitative estimate of drug-likeness (QED) is 0.575. The number of amides is 1. The number of nitrogens with two attached hydrogens (primary N) is 1. The molecule has 11 heteroatoms. The van der Waals surface area contributed by atoms with Crippen LogP contribution in [0.3, 0.4) is 0 Å². The zero-order valence-electron chi connectivity index (χ0n) is 19.6. The predicted octanol–water partition coefficient (Wildman–Crippen LogP) is 3.18. The number of halogens is 2. The van der Waals surface area contributed by atoms with Crippen molar-refractivity contribution in [2.75, 3.05) is 31.1 Å². The molecule has 1 aromatic carbocycles. The minimum atomic E-state index is -2.91. The zero-order valence-corrected chi connectivity index (χ0v) is 20.4. The molecule has 1 amide bonds. The number of fused-ring (bicyclic) bond motifs is 1. The Hall–Kier alpha value is -3.36. The van der Waals surface area contributed by atoms with Gasteiger partial charge in [0, 0.05) is 32.1 Å². The fraction of sp³-hybridized carbons (Fsp3) is 0.440. The average Bonchev–Trinajstić information content (AvgIpc) is 3.29. The van der Waals surface area contributed by atoms with Crippen molar-refractivity contribution >= 4 is 33.4 Å². The third kappa shape index (κ3) is 4.70. The van der Waals surface area contributed by atoms with Gasteiger partial charge in [-0.05, 0) is 37.0 Å². The number of alkyl halides is 2. The number of benzene rings is 1. The van der Waals surface area contributed by atoms with Crippen molar-refractivity contribution in [3.8, 4) is 6.07 Å². The van der Waals surface area contributed by atoms with E-state index in [9.17, 15) is 23.6 Å². The molecule has 2 saturated heterocycles. The molecular formula is C25H26F2N6O2S. The smallest absolute Gasteiger partial charge is 0.273 e. The SMILES string of the molecule is N#Cc1ccccc1Cn1c(N2CCC[C@@H](N)C2)nc2cc(C(=O)N3CCCC(F)(F)C3)sc2c1=O. The highest BCUT2D eigenvalue weighted by molar-refractivity contribution is 7.20. The van der Waals surface area contributed by atoms with Gasteiger partial charge in [0.2, 0.25) is 5.95 Å². The summed E-state index contributed by atoms with van der Waals surface area (Å²) < 4.78 is 29.6. The van der Waals surface area contributed by atoms with E-state index in [1.807, 2.05) is 4.90 Å². The molecule has 2 fully saturated rings. The second-order valence-corrected chi connectivity index (χ2v) is 10.5. The van der Waals surface area contributed by atoms with Gasteiger partial charge < -0.3 is 15.5 Å². The number of thiophene rings is 1. The van der Waals surface area contributed by atoms with Gasteiger partial charge in [0.25, 0.3) is 17.4 Å². The monoisotopic (exact) mass is 512 g/mol. The summed E-state index contributed by atoms with van der Waals surface area (Å²) in [6.07, 6.45) is 1.71. The van der Waals surface area contributed by atoms with E-state index in [-0.39, 0.29) is 47.1 Å². The Bertz CT molecular complexity index is 1410. The molecule has 2 aromatic heterocycles. The first-order valence-corrected chi connectivity index (χ1v) is 12.8. The van der Waals surface area contributed by atoms with E-state index in [4.69, 9.17) is 10.7 Å². The summed E-state index contributed by atoms with van der Waals surface area (Å²) in [5, 5.41) is 9.54. The lowest BCUT2D eigenvalue weighted by Gasteiger charge is -2.33. The number of anilines is 1. The maximum atomic E-state index is 13.9. The Morgan fingerprint density at radius 2 is 2.08 bits per heavy atom. The molecule has 2 aliphatic rings. The number of likely N-dealkylation sites (tertiary alicyclic amines) is 1. The number of carbonyl (C=O) groups is 1. The van der Waals surface area contributed by atoms with Crippen molar-refractivity contribution in [3.63, 3.8) is 0 Å². The first kappa shape index (κ1) is 24.3. The summed E-state index contributed by atoms with van der Waals surface area (Å²) >= 11 is 0.976. The van der Waals surface area contributed by atoms with Gasteiger partial charge in [-0.15, -0.1) is 11.3 Å². The molecule has 4 heterocycles. The van der Waals surface area contributed by atoms with Crippen LogP contribution in [0.5, 0.6) is 0 Å². The van der Waals surface area contributed by atoms with Gasteiger partial charge in [-0.1, -0.05) is 18.2 Å². The van der Waals surface area contributed by atoms with Crippen LogP contribution in [0, 0.1) is 11.3 Å². The highest BCUT2D eigenvalue weighted by Crippen LogP contribution is 2.31. The van der Waals surface area contributed by atoms with Crippen LogP contribution in [-0.2, 0) is 6.54 Å². The Morgan fingerprint density at radius 3 is 2.83 bits per heavy atom. The molecule has 0 aliphatic carbocycles. The Morgan fingerprint density at radius 1 is 1.28 bits per heavy atom. The highest BCUT2D eigenvalue weighted by atomic mass is 32.1. The second kappa shape index (κ2) is 9.59. The molecule has 1 atom stereocenters. The number of hydrogen-bond acceptors (Lipinski definition) is 7. The van der Waals surface area contributed by atoms with E-state index in [0.717, 1.165) is 29.1 Å². The molecule has 2 aliphatic heterocycles. The lowest BCUT2D eigenvalue weighted by atomic mass is 10.1. The van der Waals surface area contributed by atoms with Crippen molar-refractivity contribution in [2.24, 2.45) is 5.73 Å². The highest BCUT2D eigenvalue weighted by Gasteiger charge is 2.38. The second-order valence-electron chi connectivity index (χ2n) is 9.43. The molecule has 0 radical (unpaired) electrons. The number of rotatable bonds is 4. The van der Waals surface area contributed by atoms with Crippen molar-refractivity contribution in [2.45, 2.75) is 44.2 Å². The van der Waals surface area contributed by atoms with E-state index in [1.54, 1.807) is 24.3 Å². The molecule has 3 aromatic rings. The van der Waals surface area contributed by atoms with Crippen LogP contribution in [-0.4, -0.2) is 58.5 Å². The fourth-order valence-corrected chi connectivity index (χ4v) is 5.93. The number of nitrogens with zero attached hydrogens (tertiary/aromatic N) is 5. The van der Waals surface area contributed by atoms with E-state index in [2.05, 4.69) is 6.07 Å². The number of piperidine rings is 2. The summed E-state index contributed by atoms with van der Waals surface area (Å²) in [5.41, 5.74) is 7.35. The van der Waals surface area contributed by atoms with Gasteiger partial charge in [-0.2, -0.15) is 5.26 Å². The minimum Gasteiger partial charge on any atom is -0.341 e. The third-order valence-corrected chi connectivity index (χ3v) is 7.81. The maximum Gasteiger partial charge on any atom is 0.273 e. The lowest BCUT2D eigenvalue weighted by molar-refractivity contribution is -0.0559. The van der Waals surface area contributed by atoms with Crippen molar-refractivity contribution in [3.05, 3.63) is 56.7 Å².